The third-order valence-corrected chi connectivity index (χ3v) is 4.13. The fourth-order valence-corrected chi connectivity index (χ4v) is 3.02. The van der Waals surface area contributed by atoms with Crippen LogP contribution in [0.5, 0.6) is 11.5 Å². The molecule has 0 saturated heterocycles. The van der Waals surface area contributed by atoms with Gasteiger partial charge >= 0.3 is 7.60 Å². The average molecular weight is 317 g/mol. The maximum Gasteiger partial charge on any atom is 0.449 e. The second-order valence-corrected chi connectivity index (χ2v) is 6.23. The Kier molecular flexibility index (Phi) is 5.39. The SMILES string of the molecule is C=CC(=O)NCP(=O)(Oc1ccccc1)Oc1ccccc1. The van der Waals surface area contributed by atoms with Gasteiger partial charge in [-0.25, -0.2) is 4.57 Å². The van der Waals surface area contributed by atoms with Crippen molar-refractivity contribution in [2.24, 2.45) is 0 Å². The Labute approximate surface area is 129 Å². The molecule has 0 aliphatic rings. The molecule has 0 spiro atoms. The third-order valence-electron chi connectivity index (χ3n) is 2.61. The Morgan fingerprint density at radius 2 is 1.45 bits per heavy atom. The zero-order chi connectivity index (χ0) is 15.8. The first-order valence-electron chi connectivity index (χ1n) is 6.60. The number of amides is 1. The van der Waals surface area contributed by atoms with E-state index in [0.29, 0.717) is 11.5 Å². The molecule has 6 heteroatoms. The zero-order valence-electron chi connectivity index (χ0n) is 11.8. The van der Waals surface area contributed by atoms with Gasteiger partial charge in [-0.1, -0.05) is 43.0 Å². The van der Waals surface area contributed by atoms with E-state index in [1.165, 1.54) is 0 Å². The first-order valence-corrected chi connectivity index (χ1v) is 8.33. The summed E-state index contributed by atoms with van der Waals surface area (Å²) in [5.41, 5.74) is 0. The fraction of sp³-hybridized carbons (Fsp3) is 0.0625. The largest absolute Gasteiger partial charge is 0.449 e. The Morgan fingerprint density at radius 1 is 1.00 bits per heavy atom. The Balaban J connectivity index is 2.17. The van der Waals surface area contributed by atoms with Gasteiger partial charge in [0.2, 0.25) is 5.91 Å². The number of hydrogen-bond acceptors (Lipinski definition) is 4. The van der Waals surface area contributed by atoms with Crippen LogP contribution in [-0.2, 0) is 9.36 Å². The summed E-state index contributed by atoms with van der Waals surface area (Å²) in [5, 5.41) is 2.44. The van der Waals surface area contributed by atoms with Crippen molar-refractivity contribution >= 4 is 13.5 Å². The highest BCUT2D eigenvalue weighted by Crippen LogP contribution is 2.47. The van der Waals surface area contributed by atoms with Gasteiger partial charge in [0.15, 0.2) is 0 Å². The van der Waals surface area contributed by atoms with Crippen molar-refractivity contribution in [2.45, 2.75) is 0 Å². The van der Waals surface area contributed by atoms with Gasteiger partial charge in [0.1, 0.15) is 17.8 Å². The van der Waals surface area contributed by atoms with E-state index >= 15 is 0 Å². The fourth-order valence-electron chi connectivity index (χ4n) is 1.61. The van der Waals surface area contributed by atoms with Crippen molar-refractivity contribution in [1.29, 1.82) is 0 Å². The third kappa shape index (κ3) is 4.79. The van der Waals surface area contributed by atoms with Gasteiger partial charge in [0.25, 0.3) is 0 Å². The molecule has 0 bridgehead atoms. The van der Waals surface area contributed by atoms with Crippen LogP contribution in [-0.4, -0.2) is 12.2 Å². The molecule has 114 valence electrons. The number of rotatable bonds is 7. The lowest BCUT2D eigenvalue weighted by molar-refractivity contribution is -0.116. The average Bonchev–Trinajstić information content (AvgIpc) is 2.54. The van der Waals surface area contributed by atoms with Crippen LogP contribution in [0.15, 0.2) is 73.3 Å². The molecular formula is C16H16NO4P. The minimum absolute atomic E-state index is 0.262. The second-order valence-electron chi connectivity index (χ2n) is 4.32. The molecule has 0 radical (unpaired) electrons. The van der Waals surface area contributed by atoms with Gasteiger partial charge in [0, 0.05) is 0 Å². The number of hydrogen-bond donors (Lipinski definition) is 1. The van der Waals surface area contributed by atoms with Gasteiger partial charge < -0.3 is 14.4 Å². The lowest BCUT2D eigenvalue weighted by Gasteiger charge is -2.20. The smallest absolute Gasteiger partial charge is 0.415 e. The highest BCUT2D eigenvalue weighted by atomic mass is 31.2. The summed E-state index contributed by atoms with van der Waals surface area (Å²) in [4.78, 5) is 11.3. The standard InChI is InChI=1S/C16H16NO4P/c1-2-16(18)17-13-22(19,20-14-9-5-3-6-10-14)21-15-11-7-4-8-12-15/h2-12H,1,13H2,(H,17,18). The van der Waals surface area contributed by atoms with Gasteiger partial charge in [0.05, 0.1) is 0 Å². The van der Waals surface area contributed by atoms with E-state index in [2.05, 4.69) is 11.9 Å². The first kappa shape index (κ1) is 15.9. The summed E-state index contributed by atoms with van der Waals surface area (Å²) >= 11 is 0. The number of carbonyl (C=O) groups is 1. The van der Waals surface area contributed by atoms with Crippen LogP contribution < -0.4 is 14.4 Å². The summed E-state index contributed by atoms with van der Waals surface area (Å²) in [6, 6.07) is 17.3. The molecule has 0 aliphatic carbocycles. The van der Waals surface area contributed by atoms with Crippen molar-refractivity contribution < 1.29 is 18.4 Å². The quantitative estimate of drug-likeness (QED) is 0.626. The van der Waals surface area contributed by atoms with Gasteiger partial charge in [-0.2, -0.15) is 0 Å². The number of nitrogens with one attached hydrogen (secondary N) is 1. The second kappa shape index (κ2) is 7.48. The van der Waals surface area contributed by atoms with Gasteiger partial charge in [-0.15, -0.1) is 0 Å². The van der Waals surface area contributed by atoms with E-state index in [4.69, 9.17) is 9.05 Å². The van der Waals surface area contributed by atoms with Gasteiger partial charge in [-0.05, 0) is 30.3 Å². The van der Waals surface area contributed by atoms with Crippen LogP contribution in [0.2, 0.25) is 0 Å². The molecule has 1 amide bonds. The van der Waals surface area contributed by atoms with Crippen molar-refractivity contribution in [3.05, 3.63) is 73.3 Å². The molecule has 0 unspecified atom stereocenters. The van der Waals surface area contributed by atoms with E-state index in [1.54, 1.807) is 48.5 Å². The molecule has 22 heavy (non-hydrogen) atoms. The Hall–Kier alpha value is -2.52. The zero-order valence-corrected chi connectivity index (χ0v) is 12.7. The van der Waals surface area contributed by atoms with Crippen LogP contribution in [0.4, 0.5) is 0 Å². The van der Waals surface area contributed by atoms with E-state index in [-0.39, 0.29) is 6.29 Å². The summed E-state index contributed by atoms with van der Waals surface area (Å²) in [5.74, 6) is 0.345. The molecule has 1 N–H and O–H groups in total. The Bertz CT molecular complexity index is 628. The number of benzene rings is 2. The predicted molar refractivity (Wildman–Crippen MR) is 85.0 cm³/mol. The lowest BCUT2D eigenvalue weighted by Crippen LogP contribution is -2.25. The first-order chi connectivity index (χ1) is 10.6. The molecule has 5 nitrogen and oxygen atoms in total. The monoisotopic (exact) mass is 317 g/mol. The minimum Gasteiger partial charge on any atom is -0.415 e. The maximum atomic E-state index is 12.9. The molecule has 2 aromatic rings. The summed E-state index contributed by atoms with van der Waals surface area (Å²) in [7, 11) is -3.61. The maximum absolute atomic E-state index is 12.9. The van der Waals surface area contributed by atoms with Crippen LogP contribution in [0.1, 0.15) is 0 Å². The van der Waals surface area contributed by atoms with E-state index in [0.717, 1.165) is 6.08 Å². The highest BCUT2D eigenvalue weighted by Gasteiger charge is 2.28. The number of para-hydroxylation sites is 2. The number of carbonyl (C=O) groups excluding carboxylic acids is 1. The topological polar surface area (TPSA) is 64.6 Å². The molecular weight excluding hydrogens is 301 g/mol. The van der Waals surface area contributed by atoms with Crippen LogP contribution in [0.25, 0.3) is 0 Å². The van der Waals surface area contributed by atoms with Crippen molar-refractivity contribution in [3.63, 3.8) is 0 Å². The van der Waals surface area contributed by atoms with Crippen molar-refractivity contribution in [2.75, 3.05) is 6.29 Å². The molecule has 0 atom stereocenters. The van der Waals surface area contributed by atoms with Crippen LogP contribution >= 0.6 is 7.60 Å². The summed E-state index contributed by atoms with van der Waals surface area (Å²) in [6.45, 7) is 3.35. The normalized spacial score (nSPS) is 10.5. The molecule has 2 rings (SSSR count). The van der Waals surface area contributed by atoms with E-state index < -0.39 is 13.5 Å². The molecule has 0 aliphatic heterocycles. The highest BCUT2D eigenvalue weighted by molar-refractivity contribution is 7.54. The van der Waals surface area contributed by atoms with E-state index in [9.17, 15) is 9.36 Å². The molecule has 0 saturated carbocycles. The molecule has 0 heterocycles. The van der Waals surface area contributed by atoms with Crippen molar-refractivity contribution in [3.8, 4) is 11.5 Å². The minimum atomic E-state index is -3.61. The molecule has 0 fully saturated rings. The summed E-state index contributed by atoms with van der Waals surface area (Å²) in [6.07, 6.45) is 0.830. The predicted octanol–water partition coefficient (Wildman–Crippen LogP) is 3.60. The molecule has 0 aromatic heterocycles. The van der Waals surface area contributed by atoms with Crippen LogP contribution in [0.3, 0.4) is 0 Å². The van der Waals surface area contributed by atoms with Crippen molar-refractivity contribution in [1.82, 2.24) is 5.32 Å². The van der Waals surface area contributed by atoms with E-state index in [1.807, 2.05) is 12.1 Å². The molecule has 2 aromatic carbocycles. The lowest BCUT2D eigenvalue weighted by atomic mass is 10.3. The summed E-state index contributed by atoms with van der Waals surface area (Å²) < 4.78 is 23.8. The Morgan fingerprint density at radius 3 is 1.86 bits per heavy atom. The van der Waals surface area contributed by atoms with Gasteiger partial charge in [-0.3, -0.25) is 4.79 Å². The van der Waals surface area contributed by atoms with Crippen LogP contribution in [0, 0.1) is 0 Å².